The zero-order valence-electron chi connectivity index (χ0n) is 7.14. The molecule has 70 valence electrons. The first-order chi connectivity index (χ1) is 6.63. The number of nitrogens with zero attached hydrogens (tertiary/aromatic N) is 1. The van der Waals surface area contributed by atoms with Gasteiger partial charge in [0.25, 0.3) is 0 Å². The van der Waals surface area contributed by atoms with E-state index in [4.69, 9.17) is 34.2 Å². The molecule has 4 heteroatoms. The van der Waals surface area contributed by atoms with Crippen molar-refractivity contribution in [2.45, 2.75) is 6.42 Å². The van der Waals surface area contributed by atoms with E-state index in [1.807, 2.05) is 0 Å². The second-order valence-electron chi connectivity index (χ2n) is 3.11. The molecule has 1 aromatic carbocycles. The Morgan fingerprint density at radius 2 is 1.93 bits per heavy atom. The Labute approximate surface area is 91.5 Å². The quantitative estimate of drug-likeness (QED) is 0.737. The second kappa shape index (κ2) is 3.20. The van der Waals surface area contributed by atoms with E-state index >= 15 is 0 Å². The molecule has 2 N–H and O–H groups in total. The van der Waals surface area contributed by atoms with Crippen LogP contribution in [0.4, 0.5) is 0 Å². The van der Waals surface area contributed by atoms with Crippen molar-refractivity contribution in [3.8, 4) is 6.07 Å². The Kier molecular flexibility index (Phi) is 2.14. The van der Waals surface area contributed by atoms with Gasteiger partial charge in [0.1, 0.15) is 6.07 Å². The van der Waals surface area contributed by atoms with Crippen LogP contribution in [-0.2, 0) is 6.42 Å². The van der Waals surface area contributed by atoms with Gasteiger partial charge >= 0.3 is 0 Å². The highest BCUT2D eigenvalue weighted by Gasteiger charge is 2.20. The average molecular weight is 225 g/mol. The zero-order valence-corrected chi connectivity index (χ0v) is 8.65. The highest BCUT2D eigenvalue weighted by Crippen LogP contribution is 2.35. The van der Waals surface area contributed by atoms with E-state index in [9.17, 15) is 0 Å². The van der Waals surface area contributed by atoms with Crippen LogP contribution in [0.1, 0.15) is 11.1 Å². The van der Waals surface area contributed by atoms with Gasteiger partial charge in [0.05, 0.1) is 15.6 Å². The van der Waals surface area contributed by atoms with Gasteiger partial charge in [-0.1, -0.05) is 23.2 Å². The Morgan fingerprint density at radius 3 is 2.57 bits per heavy atom. The lowest BCUT2D eigenvalue weighted by Crippen LogP contribution is -1.96. The van der Waals surface area contributed by atoms with E-state index in [2.05, 4.69) is 6.07 Å². The summed E-state index contributed by atoms with van der Waals surface area (Å²) >= 11 is 11.7. The van der Waals surface area contributed by atoms with Gasteiger partial charge in [0.2, 0.25) is 0 Å². The molecule has 0 unspecified atom stereocenters. The predicted molar refractivity (Wildman–Crippen MR) is 56.9 cm³/mol. The number of allylic oxidation sites excluding steroid dienone is 2. The number of benzene rings is 1. The largest absolute Gasteiger partial charge is 0.401 e. The maximum absolute atomic E-state index is 8.88. The van der Waals surface area contributed by atoms with E-state index in [1.54, 1.807) is 12.1 Å². The lowest BCUT2D eigenvalue weighted by molar-refractivity contribution is 1.16. The number of halogens is 2. The van der Waals surface area contributed by atoms with Crippen LogP contribution in [0, 0.1) is 11.3 Å². The van der Waals surface area contributed by atoms with Crippen molar-refractivity contribution in [3.63, 3.8) is 0 Å². The van der Waals surface area contributed by atoms with Gasteiger partial charge in [0, 0.05) is 12.1 Å². The van der Waals surface area contributed by atoms with Gasteiger partial charge in [-0.25, -0.2) is 0 Å². The fourth-order valence-corrected chi connectivity index (χ4v) is 1.92. The maximum atomic E-state index is 8.88. The number of hydrogen-bond acceptors (Lipinski definition) is 2. The van der Waals surface area contributed by atoms with Crippen LogP contribution in [0.3, 0.4) is 0 Å². The van der Waals surface area contributed by atoms with Crippen molar-refractivity contribution in [2.75, 3.05) is 0 Å². The fourth-order valence-electron chi connectivity index (χ4n) is 1.57. The van der Waals surface area contributed by atoms with Gasteiger partial charge in [-0.3, -0.25) is 0 Å². The smallest absolute Gasteiger partial charge is 0.102 e. The highest BCUT2D eigenvalue weighted by atomic mass is 35.5. The monoisotopic (exact) mass is 224 g/mol. The van der Waals surface area contributed by atoms with E-state index in [-0.39, 0.29) is 0 Å². The molecule has 1 aromatic rings. The van der Waals surface area contributed by atoms with Crippen LogP contribution in [0.15, 0.2) is 17.8 Å². The third-order valence-electron chi connectivity index (χ3n) is 2.23. The second-order valence-corrected chi connectivity index (χ2v) is 3.93. The number of rotatable bonds is 0. The molecule has 0 aliphatic heterocycles. The first-order valence-electron chi connectivity index (χ1n) is 4.00. The normalized spacial score (nSPS) is 14.1. The lowest BCUT2D eigenvalue weighted by Gasteiger charge is -2.01. The molecule has 0 spiro atoms. The lowest BCUT2D eigenvalue weighted by atomic mass is 10.1. The molecule has 2 nitrogen and oxygen atoms in total. The molecule has 1 aliphatic carbocycles. The number of nitriles is 1. The molecule has 0 bridgehead atoms. The summed E-state index contributed by atoms with van der Waals surface area (Å²) in [5, 5.41) is 9.83. The number of fused-ring (bicyclic) bond motifs is 1. The summed E-state index contributed by atoms with van der Waals surface area (Å²) < 4.78 is 0. The van der Waals surface area contributed by atoms with Crippen LogP contribution in [-0.4, -0.2) is 0 Å². The molecule has 0 saturated heterocycles. The molecule has 14 heavy (non-hydrogen) atoms. The first-order valence-corrected chi connectivity index (χ1v) is 4.76. The molecular formula is C10H6Cl2N2. The summed E-state index contributed by atoms with van der Waals surface area (Å²) in [5.41, 5.74) is 8.58. The third kappa shape index (κ3) is 1.26. The maximum Gasteiger partial charge on any atom is 0.102 e. The first kappa shape index (κ1) is 9.39. The summed E-state index contributed by atoms with van der Waals surface area (Å²) in [7, 11) is 0. The molecular weight excluding hydrogens is 219 g/mol. The average Bonchev–Trinajstić information content (AvgIpc) is 2.42. The zero-order chi connectivity index (χ0) is 10.3. The summed E-state index contributed by atoms with van der Waals surface area (Å²) in [6.07, 6.45) is 0.578. The summed E-state index contributed by atoms with van der Waals surface area (Å²) in [4.78, 5) is 0. The van der Waals surface area contributed by atoms with Gasteiger partial charge in [-0.05, 0) is 23.3 Å². The van der Waals surface area contributed by atoms with Gasteiger partial charge in [0.15, 0.2) is 0 Å². The van der Waals surface area contributed by atoms with E-state index < -0.39 is 0 Å². The van der Waals surface area contributed by atoms with Crippen molar-refractivity contribution in [1.29, 1.82) is 5.26 Å². The molecule has 2 rings (SSSR count). The summed E-state index contributed by atoms with van der Waals surface area (Å²) in [6, 6.07) is 5.52. The molecule has 0 heterocycles. The van der Waals surface area contributed by atoms with E-state index in [0.717, 1.165) is 11.1 Å². The van der Waals surface area contributed by atoms with Crippen molar-refractivity contribution in [2.24, 2.45) is 5.73 Å². The minimum Gasteiger partial charge on any atom is -0.401 e. The molecule has 0 fully saturated rings. The third-order valence-corrected chi connectivity index (χ3v) is 2.95. The van der Waals surface area contributed by atoms with Crippen molar-refractivity contribution >= 4 is 28.8 Å². The highest BCUT2D eigenvalue weighted by molar-refractivity contribution is 6.42. The standard InChI is InChI=1S/C10H6Cl2N2/c11-8-1-5-2-10(14)7(4-13)6(5)3-9(8)12/h1,3H,2,14H2. The van der Waals surface area contributed by atoms with Crippen molar-refractivity contribution in [1.82, 2.24) is 0 Å². The molecule has 1 aliphatic rings. The minimum absolute atomic E-state index is 0.452. The van der Waals surface area contributed by atoms with Crippen LogP contribution in [0.25, 0.3) is 5.57 Å². The Morgan fingerprint density at radius 1 is 1.29 bits per heavy atom. The van der Waals surface area contributed by atoms with Gasteiger partial charge in [-0.2, -0.15) is 5.26 Å². The molecule has 0 amide bonds. The van der Waals surface area contributed by atoms with E-state index in [0.29, 0.717) is 27.7 Å². The number of nitrogens with two attached hydrogens (primary N) is 1. The fraction of sp³-hybridized carbons (Fsp3) is 0.100. The van der Waals surface area contributed by atoms with E-state index in [1.165, 1.54) is 0 Å². The minimum atomic E-state index is 0.452. The Hall–Kier alpha value is -1.17. The van der Waals surface area contributed by atoms with Crippen LogP contribution >= 0.6 is 23.2 Å². The Bertz CT molecular complexity index is 484. The summed E-state index contributed by atoms with van der Waals surface area (Å²) in [5.74, 6) is 0. The summed E-state index contributed by atoms with van der Waals surface area (Å²) in [6.45, 7) is 0. The SMILES string of the molecule is N#CC1=C(N)Cc2cc(Cl)c(Cl)cc21. The molecule has 0 radical (unpaired) electrons. The van der Waals surface area contributed by atoms with Crippen molar-refractivity contribution in [3.05, 3.63) is 39.0 Å². The topological polar surface area (TPSA) is 49.8 Å². The Balaban J connectivity index is 2.65. The molecule has 0 atom stereocenters. The molecule has 0 saturated carbocycles. The van der Waals surface area contributed by atoms with Gasteiger partial charge in [-0.15, -0.1) is 0 Å². The molecule has 0 aromatic heterocycles. The van der Waals surface area contributed by atoms with Crippen molar-refractivity contribution < 1.29 is 0 Å². The van der Waals surface area contributed by atoms with Crippen LogP contribution in [0.2, 0.25) is 10.0 Å². The van der Waals surface area contributed by atoms with Crippen LogP contribution in [0.5, 0.6) is 0 Å². The predicted octanol–water partition coefficient (Wildman–Crippen LogP) is 2.74. The number of hydrogen-bond donors (Lipinski definition) is 1. The van der Waals surface area contributed by atoms with Crippen LogP contribution < -0.4 is 5.73 Å². The van der Waals surface area contributed by atoms with Gasteiger partial charge < -0.3 is 5.73 Å².